The molecule has 0 aromatic heterocycles. The van der Waals surface area contributed by atoms with Crippen LogP contribution in [0.2, 0.25) is 0 Å². The van der Waals surface area contributed by atoms with E-state index in [4.69, 9.17) is 5.73 Å². The molecule has 0 amide bonds. The van der Waals surface area contributed by atoms with Crippen LogP contribution in [0.1, 0.15) is 6.92 Å². The first-order valence-corrected chi connectivity index (χ1v) is 7.78. The summed E-state index contributed by atoms with van der Waals surface area (Å²) in [6.45, 7) is 3.08. The van der Waals surface area contributed by atoms with Crippen LogP contribution in [0.15, 0.2) is 48.5 Å². The molecule has 0 saturated carbocycles. The van der Waals surface area contributed by atoms with E-state index in [0.29, 0.717) is 0 Å². The maximum Gasteiger partial charge on any atom is 0.0350 e. The number of benzene rings is 2. The van der Waals surface area contributed by atoms with Crippen molar-refractivity contribution in [2.75, 3.05) is 17.6 Å². The smallest absolute Gasteiger partial charge is 0.0350 e. The molecule has 2 aromatic carbocycles. The van der Waals surface area contributed by atoms with Crippen LogP contribution in [-0.2, 0) is 0 Å². The standard InChI is InChI=1S/C8H10IN.C6H6IN/c1-2-10-8-5-3-4-7(9)6-8;7-5-2-1-3-6(8)4-5/h3-6,10H,2H2,1H3;1-4H,8H2. The first-order chi connectivity index (χ1) is 8.61. The molecule has 4 heteroatoms. The molecule has 0 atom stereocenters. The van der Waals surface area contributed by atoms with Gasteiger partial charge in [-0.25, -0.2) is 0 Å². The first-order valence-electron chi connectivity index (χ1n) is 5.62. The Balaban J connectivity index is 0.000000184. The molecule has 3 N–H and O–H groups in total. The minimum absolute atomic E-state index is 0.830. The van der Waals surface area contributed by atoms with E-state index in [0.717, 1.165) is 12.2 Å². The molecule has 2 nitrogen and oxygen atoms in total. The fraction of sp³-hybridized carbons (Fsp3) is 0.143. The molecular weight excluding hydrogens is 450 g/mol. The number of rotatable bonds is 2. The van der Waals surface area contributed by atoms with E-state index in [1.165, 1.54) is 12.8 Å². The lowest BCUT2D eigenvalue weighted by molar-refractivity contribution is 1.21. The van der Waals surface area contributed by atoms with Gasteiger partial charge in [0, 0.05) is 25.1 Å². The second-order valence-corrected chi connectivity index (χ2v) is 6.09. The van der Waals surface area contributed by atoms with E-state index < -0.39 is 0 Å². The molecule has 0 spiro atoms. The van der Waals surface area contributed by atoms with Gasteiger partial charge in [-0.05, 0) is 88.5 Å². The van der Waals surface area contributed by atoms with E-state index >= 15 is 0 Å². The van der Waals surface area contributed by atoms with Crippen LogP contribution in [0.4, 0.5) is 11.4 Å². The highest BCUT2D eigenvalue weighted by Crippen LogP contribution is 2.11. The molecule has 2 aromatic rings. The zero-order valence-electron chi connectivity index (χ0n) is 10.2. The average molecular weight is 466 g/mol. The van der Waals surface area contributed by atoms with Crippen molar-refractivity contribution in [3.05, 3.63) is 55.7 Å². The Kier molecular flexibility index (Phi) is 7.41. The van der Waals surface area contributed by atoms with Crippen LogP contribution in [0.3, 0.4) is 0 Å². The summed E-state index contributed by atoms with van der Waals surface area (Å²) >= 11 is 4.53. The Morgan fingerprint density at radius 2 is 1.61 bits per heavy atom. The van der Waals surface area contributed by atoms with Gasteiger partial charge in [0.1, 0.15) is 0 Å². The minimum atomic E-state index is 0.830. The summed E-state index contributed by atoms with van der Waals surface area (Å²) in [5.74, 6) is 0. The van der Waals surface area contributed by atoms with E-state index in [9.17, 15) is 0 Å². The van der Waals surface area contributed by atoms with Gasteiger partial charge in [0.05, 0.1) is 0 Å². The van der Waals surface area contributed by atoms with E-state index in [1.807, 2.05) is 24.3 Å². The van der Waals surface area contributed by atoms with E-state index in [1.54, 1.807) is 0 Å². The number of nitrogens with one attached hydrogen (secondary N) is 1. The van der Waals surface area contributed by atoms with Gasteiger partial charge in [-0.2, -0.15) is 0 Å². The van der Waals surface area contributed by atoms with Crippen LogP contribution >= 0.6 is 45.2 Å². The predicted octanol–water partition coefficient (Wildman–Crippen LogP) is 4.60. The number of hydrogen-bond donors (Lipinski definition) is 2. The lowest BCUT2D eigenvalue weighted by atomic mass is 10.3. The van der Waals surface area contributed by atoms with Gasteiger partial charge in [0.25, 0.3) is 0 Å². The lowest BCUT2D eigenvalue weighted by Gasteiger charge is -2.01. The zero-order chi connectivity index (χ0) is 13.4. The van der Waals surface area contributed by atoms with Gasteiger partial charge >= 0.3 is 0 Å². The highest BCUT2D eigenvalue weighted by molar-refractivity contribution is 14.1. The van der Waals surface area contributed by atoms with Crippen molar-refractivity contribution in [2.24, 2.45) is 0 Å². The third-order valence-electron chi connectivity index (χ3n) is 2.05. The van der Waals surface area contributed by atoms with Crippen molar-refractivity contribution in [3.63, 3.8) is 0 Å². The lowest BCUT2D eigenvalue weighted by Crippen LogP contribution is -1.95. The molecule has 2 rings (SSSR count). The van der Waals surface area contributed by atoms with Crippen molar-refractivity contribution in [3.8, 4) is 0 Å². The highest BCUT2D eigenvalue weighted by atomic mass is 127. The Morgan fingerprint density at radius 3 is 2.06 bits per heavy atom. The second kappa shape index (κ2) is 8.58. The number of nitrogens with two attached hydrogens (primary N) is 1. The molecule has 0 aliphatic heterocycles. The van der Waals surface area contributed by atoms with Gasteiger partial charge in [-0.3, -0.25) is 0 Å². The molecule has 0 aliphatic rings. The highest BCUT2D eigenvalue weighted by Gasteiger charge is 1.88. The predicted molar refractivity (Wildman–Crippen MR) is 96.9 cm³/mol. The fourth-order valence-electron chi connectivity index (χ4n) is 1.31. The van der Waals surface area contributed by atoms with Crippen molar-refractivity contribution < 1.29 is 0 Å². The Morgan fingerprint density at radius 1 is 1.00 bits per heavy atom. The van der Waals surface area contributed by atoms with Gasteiger partial charge in [0.2, 0.25) is 0 Å². The molecule has 96 valence electrons. The number of anilines is 2. The molecule has 0 unspecified atom stereocenters. The molecule has 0 fully saturated rings. The van der Waals surface area contributed by atoms with Gasteiger partial charge in [0.15, 0.2) is 0 Å². The first kappa shape index (κ1) is 15.6. The topological polar surface area (TPSA) is 38.0 Å². The fourth-order valence-corrected chi connectivity index (χ4v) is 2.42. The molecule has 0 aliphatic carbocycles. The monoisotopic (exact) mass is 466 g/mol. The summed E-state index contributed by atoms with van der Waals surface area (Å²) < 4.78 is 2.46. The minimum Gasteiger partial charge on any atom is -0.399 e. The summed E-state index contributed by atoms with van der Waals surface area (Å²) in [6.07, 6.45) is 0. The molecule has 0 saturated heterocycles. The molecule has 0 bridgehead atoms. The Hall–Kier alpha value is -0.500. The van der Waals surface area contributed by atoms with Crippen LogP contribution in [0.25, 0.3) is 0 Å². The Labute approximate surface area is 136 Å². The summed E-state index contributed by atoms with van der Waals surface area (Å²) in [4.78, 5) is 0. The van der Waals surface area contributed by atoms with E-state index in [2.05, 4.69) is 81.7 Å². The summed E-state index contributed by atoms with van der Waals surface area (Å²) in [7, 11) is 0. The van der Waals surface area contributed by atoms with E-state index in [-0.39, 0.29) is 0 Å². The molecule has 18 heavy (non-hydrogen) atoms. The quantitative estimate of drug-likeness (QED) is 0.502. The van der Waals surface area contributed by atoms with Crippen molar-refractivity contribution in [1.29, 1.82) is 0 Å². The van der Waals surface area contributed by atoms with Crippen LogP contribution < -0.4 is 11.1 Å². The molecular formula is C14H16I2N2. The second-order valence-electron chi connectivity index (χ2n) is 3.60. The van der Waals surface area contributed by atoms with Crippen molar-refractivity contribution >= 4 is 56.6 Å². The molecule has 0 radical (unpaired) electrons. The van der Waals surface area contributed by atoms with Gasteiger partial charge < -0.3 is 11.1 Å². The van der Waals surface area contributed by atoms with Gasteiger partial charge in [-0.15, -0.1) is 0 Å². The summed E-state index contributed by atoms with van der Waals surface area (Å²) in [6, 6.07) is 16.1. The summed E-state index contributed by atoms with van der Waals surface area (Å²) in [5.41, 5.74) is 7.49. The number of hydrogen-bond acceptors (Lipinski definition) is 2. The molecule has 0 heterocycles. The number of nitrogen functional groups attached to an aromatic ring is 1. The maximum atomic E-state index is 5.45. The third-order valence-corrected chi connectivity index (χ3v) is 3.40. The Bertz CT molecular complexity index is 469. The third kappa shape index (κ3) is 6.44. The average Bonchev–Trinajstić information content (AvgIpc) is 2.30. The zero-order valence-corrected chi connectivity index (χ0v) is 14.5. The van der Waals surface area contributed by atoms with Crippen molar-refractivity contribution in [2.45, 2.75) is 6.92 Å². The SMILES string of the molecule is CCNc1cccc(I)c1.Nc1cccc(I)c1. The van der Waals surface area contributed by atoms with Crippen LogP contribution in [0, 0.1) is 7.14 Å². The van der Waals surface area contributed by atoms with Crippen molar-refractivity contribution in [1.82, 2.24) is 0 Å². The van der Waals surface area contributed by atoms with Crippen LogP contribution in [-0.4, -0.2) is 6.54 Å². The summed E-state index contributed by atoms with van der Waals surface area (Å²) in [5, 5.41) is 3.24. The maximum absolute atomic E-state index is 5.45. The largest absolute Gasteiger partial charge is 0.399 e. The normalized spacial score (nSPS) is 9.28. The van der Waals surface area contributed by atoms with Crippen LogP contribution in [0.5, 0.6) is 0 Å². The number of halogens is 2. The van der Waals surface area contributed by atoms with Gasteiger partial charge in [-0.1, -0.05) is 12.1 Å².